The van der Waals surface area contributed by atoms with Gasteiger partial charge in [0.1, 0.15) is 0 Å². The van der Waals surface area contributed by atoms with E-state index in [-0.39, 0.29) is 24.8 Å². The minimum absolute atomic E-state index is 0. The van der Waals surface area contributed by atoms with Crippen molar-refractivity contribution in [3.8, 4) is 0 Å². The van der Waals surface area contributed by atoms with E-state index in [1.165, 1.54) is 69.2 Å². The number of hydrogen-bond acceptors (Lipinski definition) is 2. The van der Waals surface area contributed by atoms with Gasteiger partial charge in [-0.2, -0.15) is 0 Å². The monoisotopic (exact) mass is 640 g/mol. The summed E-state index contributed by atoms with van der Waals surface area (Å²) in [5.74, 6) is 2.25. The van der Waals surface area contributed by atoms with Crippen molar-refractivity contribution in [2.75, 3.05) is 19.8 Å². The third-order valence-electron chi connectivity index (χ3n) is 9.85. The molecule has 1 aliphatic heterocycles. The molecule has 1 saturated heterocycles. The van der Waals surface area contributed by atoms with E-state index in [0.29, 0.717) is 0 Å². The van der Waals surface area contributed by atoms with E-state index < -0.39 is 7.26 Å². The Hall–Kier alpha value is 0.0634. The first-order valence-electron chi connectivity index (χ1n) is 14.3. The molecule has 2 unspecified atom stereocenters. The van der Waals surface area contributed by atoms with Gasteiger partial charge < -0.3 is 24.8 Å². The van der Waals surface area contributed by atoms with Gasteiger partial charge in [0.25, 0.3) is 0 Å². The Morgan fingerprint density at radius 2 is 1.31 bits per heavy atom. The number of rotatable bonds is 4. The van der Waals surface area contributed by atoms with E-state index in [4.69, 9.17) is 0 Å². The van der Waals surface area contributed by atoms with Gasteiger partial charge in [0, 0.05) is 0 Å². The molecule has 206 valence electrons. The minimum atomic E-state index is -1.29. The molecule has 1 aromatic carbocycles. The predicted molar refractivity (Wildman–Crippen MR) is 149 cm³/mol. The molecular formula is C30H49Cl2N2PRu. The van der Waals surface area contributed by atoms with Gasteiger partial charge >= 0.3 is 221 Å². The Labute approximate surface area is 244 Å². The molecule has 0 spiro atoms. The quantitative estimate of drug-likeness (QED) is 0.380. The van der Waals surface area contributed by atoms with Crippen LogP contribution in [0.1, 0.15) is 96.0 Å². The van der Waals surface area contributed by atoms with Crippen molar-refractivity contribution in [1.82, 2.24) is 10.6 Å². The average molecular weight is 641 g/mol. The molecule has 1 heterocycles. The summed E-state index contributed by atoms with van der Waals surface area (Å²) < 4.78 is 2.01. The molecule has 3 aliphatic carbocycles. The summed E-state index contributed by atoms with van der Waals surface area (Å²) in [5.41, 5.74) is 6.31. The number of allylic oxidation sites excluding steroid dienone is 1. The normalized spacial score (nSPS) is 25.7. The number of halogens is 2. The van der Waals surface area contributed by atoms with E-state index >= 15 is 0 Å². The van der Waals surface area contributed by atoms with Gasteiger partial charge in [-0.3, -0.25) is 0 Å². The summed E-state index contributed by atoms with van der Waals surface area (Å²) in [4.78, 5) is 0. The van der Waals surface area contributed by atoms with Gasteiger partial charge in [0.05, 0.1) is 0 Å². The van der Waals surface area contributed by atoms with Crippen LogP contribution >= 0.6 is 7.26 Å². The first kappa shape index (κ1) is 32.3. The summed E-state index contributed by atoms with van der Waals surface area (Å²) in [6, 6.07) is 10.2. The van der Waals surface area contributed by atoms with Crippen LogP contribution in [0, 0.1) is 5.92 Å². The van der Waals surface area contributed by atoms with Crippen molar-refractivity contribution in [3.63, 3.8) is 0 Å². The summed E-state index contributed by atoms with van der Waals surface area (Å²) in [6.45, 7) is 7.76. The molecule has 0 amide bonds. The SMILES string of the molecule is CC1C(=C2NCCN2)CCCC1[PH](C)(C1CCCCC1)C1CCCCC1.[Cl-].[Cl-].[Ru+2]=[CH]c1ccccc1. The van der Waals surface area contributed by atoms with Gasteiger partial charge in [0.2, 0.25) is 0 Å². The molecule has 5 rings (SSSR count). The Morgan fingerprint density at radius 3 is 1.78 bits per heavy atom. The topological polar surface area (TPSA) is 24.1 Å². The summed E-state index contributed by atoms with van der Waals surface area (Å²) in [6.07, 6.45) is 19.7. The average Bonchev–Trinajstić information content (AvgIpc) is 3.45. The molecule has 2 N–H and O–H groups in total. The van der Waals surface area contributed by atoms with Crippen molar-refractivity contribution in [2.45, 2.75) is 107 Å². The first-order chi connectivity index (χ1) is 16.6. The van der Waals surface area contributed by atoms with Gasteiger partial charge in [-0.25, -0.2) is 0 Å². The van der Waals surface area contributed by atoms with Crippen molar-refractivity contribution >= 4 is 11.9 Å². The molecule has 0 radical (unpaired) electrons. The second kappa shape index (κ2) is 16.2. The molecule has 2 nitrogen and oxygen atoms in total. The fraction of sp³-hybridized carbons (Fsp3) is 0.700. The standard InChI is InChI=1S/C23H43N2P.C7H6.2ClH.Ru/c1-18-21(23-24-16-17-25-23)14-9-15-22(18)26(2,19-10-5-3-6-11-19)20-12-7-4-8-13-20;1-7-5-3-2-4-6-7;;;/h18-20,22,24-26H,3-17H2,1-2H3;1-6H;2*1H;/q;;;;+2/p-2. The van der Waals surface area contributed by atoms with Crippen molar-refractivity contribution in [2.24, 2.45) is 5.92 Å². The van der Waals surface area contributed by atoms with Gasteiger partial charge in [-0.1, -0.05) is 0 Å². The zero-order valence-electron chi connectivity index (χ0n) is 22.5. The van der Waals surface area contributed by atoms with E-state index in [9.17, 15) is 0 Å². The van der Waals surface area contributed by atoms with Crippen LogP contribution in [-0.4, -0.2) is 41.3 Å². The molecule has 4 fully saturated rings. The Bertz CT molecular complexity index is 780. The molecule has 4 aliphatic rings. The van der Waals surface area contributed by atoms with Gasteiger partial charge in [0.15, 0.2) is 0 Å². The van der Waals surface area contributed by atoms with Crippen LogP contribution in [-0.2, 0) is 17.9 Å². The zero-order valence-corrected chi connectivity index (χ0v) is 26.7. The van der Waals surface area contributed by atoms with Gasteiger partial charge in [-0.05, 0) is 0 Å². The third-order valence-corrected chi connectivity index (χ3v) is 17.5. The summed E-state index contributed by atoms with van der Waals surface area (Å²) in [7, 11) is -1.29. The Morgan fingerprint density at radius 1 is 0.778 bits per heavy atom. The van der Waals surface area contributed by atoms with Crippen molar-refractivity contribution < 1.29 is 42.7 Å². The van der Waals surface area contributed by atoms with E-state index in [0.717, 1.165) is 36.0 Å². The maximum absolute atomic E-state index is 3.67. The van der Waals surface area contributed by atoms with Crippen LogP contribution in [0.2, 0.25) is 0 Å². The molecule has 6 heteroatoms. The van der Waals surface area contributed by atoms with Crippen LogP contribution in [0.15, 0.2) is 41.7 Å². The van der Waals surface area contributed by atoms with E-state index in [1.54, 1.807) is 31.3 Å². The number of benzene rings is 1. The Kier molecular flexibility index (Phi) is 14.6. The van der Waals surface area contributed by atoms with Gasteiger partial charge in [-0.15, -0.1) is 0 Å². The second-order valence-corrected chi connectivity index (χ2v) is 17.2. The molecule has 3 saturated carbocycles. The van der Waals surface area contributed by atoms with Crippen LogP contribution in [0.3, 0.4) is 0 Å². The Balaban J connectivity index is 0.000000393. The van der Waals surface area contributed by atoms with E-state index in [2.05, 4.69) is 54.2 Å². The van der Waals surface area contributed by atoms with Crippen LogP contribution in [0.5, 0.6) is 0 Å². The van der Waals surface area contributed by atoms with Crippen molar-refractivity contribution in [3.05, 3.63) is 47.3 Å². The van der Waals surface area contributed by atoms with E-state index in [1.807, 2.05) is 22.8 Å². The van der Waals surface area contributed by atoms with Crippen LogP contribution in [0.4, 0.5) is 0 Å². The molecule has 0 bridgehead atoms. The summed E-state index contributed by atoms with van der Waals surface area (Å²) in [5, 5.41) is 7.34. The summed E-state index contributed by atoms with van der Waals surface area (Å²) >= 11 is 2.48. The maximum atomic E-state index is 3.67. The molecule has 2 atom stereocenters. The molecular weight excluding hydrogens is 591 g/mol. The van der Waals surface area contributed by atoms with Crippen molar-refractivity contribution in [1.29, 1.82) is 0 Å². The molecule has 1 aromatic rings. The first-order valence-corrected chi connectivity index (χ1v) is 18.1. The fourth-order valence-corrected chi connectivity index (χ4v) is 15.6. The molecule has 0 aromatic heterocycles. The third kappa shape index (κ3) is 7.81. The molecule has 36 heavy (non-hydrogen) atoms. The number of hydrogen-bond donors (Lipinski definition) is 2. The zero-order chi connectivity index (χ0) is 23.8. The second-order valence-electron chi connectivity index (χ2n) is 11.6. The fourth-order valence-electron chi connectivity index (χ4n) is 8.01. The van der Waals surface area contributed by atoms with Crippen LogP contribution < -0.4 is 35.4 Å². The number of nitrogens with one attached hydrogen (secondary N) is 2. The predicted octanol–water partition coefficient (Wildman–Crippen LogP) is 1.02. The van der Waals surface area contributed by atoms with Crippen LogP contribution in [0.25, 0.3) is 0 Å².